The number of aryl methyl sites for hydroxylation is 2. The lowest BCUT2D eigenvalue weighted by Crippen LogP contribution is -2.15. The number of rotatable bonds is 10. The van der Waals surface area contributed by atoms with E-state index in [0.29, 0.717) is 6.61 Å². The van der Waals surface area contributed by atoms with E-state index < -0.39 is 0 Å². The van der Waals surface area contributed by atoms with Crippen molar-refractivity contribution < 1.29 is 4.74 Å². The summed E-state index contributed by atoms with van der Waals surface area (Å²) >= 11 is 1.67. The van der Waals surface area contributed by atoms with Crippen LogP contribution in [0.25, 0.3) is 0 Å². The minimum absolute atomic E-state index is 0.595. The molecule has 0 fully saturated rings. The Bertz CT molecular complexity index is 852. The van der Waals surface area contributed by atoms with E-state index >= 15 is 0 Å². The maximum Gasteiger partial charge on any atom is 0.209 e. The summed E-state index contributed by atoms with van der Waals surface area (Å²) in [6, 6.07) is 16.6. The van der Waals surface area contributed by atoms with Gasteiger partial charge >= 0.3 is 0 Å². The average Bonchev–Trinajstić information content (AvgIpc) is 3.09. The van der Waals surface area contributed by atoms with Crippen molar-refractivity contribution in [2.24, 2.45) is 7.05 Å². The van der Waals surface area contributed by atoms with E-state index in [1.54, 1.807) is 16.4 Å². The lowest BCUT2D eigenvalue weighted by Gasteiger charge is -2.10. The molecule has 7 heteroatoms. The van der Waals surface area contributed by atoms with Crippen molar-refractivity contribution in [3.63, 3.8) is 0 Å². The van der Waals surface area contributed by atoms with E-state index in [9.17, 15) is 0 Å². The molecule has 1 heterocycles. The van der Waals surface area contributed by atoms with Gasteiger partial charge in [0.2, 0.25) is 5.16 Å². The second kappa shape index (κ2) is 10.1. The molecule has 27 heavy (non-hydrogen) atoms. The zero-order valence-corrected chi connectivity index (χ0v) is 16.6. The normalized spacial score (nSPS) is 10.9. The zero-order chi connectivity index (χ0) is 18.9. The zero-order valence-electron chi connectivity index (χ0n) is 15.8. The van der Waals surface area contributed by atoms with Gasteiger partial charge in [-0.3, -0.25) is 0 Å². The average molecular weight is 384 g/mol. The smallest absolute Gasteiger partial charge is 0.209 e. The Morgan fingerprint density at radius 1 is 1.15 bits per heavy atom. The van der Waals surface area contributed by atoms with E-state index in [4.69, 9.17) is 4.74 Å². The number of tetrazole rings is 1. The fourth-order valence-corrected chi connectivity index (χ4v) is 3.40. The van der Waals surface area contributed by atoms with Gasteiger partial charge in [0.1, 0.15) is 12.4 Å². The monoisotopic (exact) mass is 383 g/mol. The minimum Gasteiger partial charge on any atom is -0.489 e. The number of nitrogens with one attached hydrogen (secondary N) is 1. The molecule has 1 aromatic heterocycles. The van der Waals surface area contributed by atoms with Gasteiger partial charge in [0.15, 0.2) is 0 Å². The van der Waals surface area contributed by atoms with Gasteiger partial charge in [0.25, 0.3) is 0 Å². The summed E-state index contributed by atoms with van der Waals surface area (Å²) in [6.45, 7) is 4.49. The number of hydrogen-bond acceptors (Lipinski definition) is 6. The lowest BCUT2D eigenvalue weighted by molar-refractivity contribution is 0.305. The molecular formula is C20H25N5OS. The summed E-state index contributed by atoms with van der Waals surface area (Å²) in [7, 11) is 1.86. The highest BCUT2D eigenvalue weighted by atomic mass is 32.2. The molecule has 0 bridgehead atoms. The second-order valence-corrected chi connectivity index (χ2v) is 7.39. The number of aromatic nitrogens is 4. The highest BCUT2D eigenvalue weighted by Crippen LogP contribution is 2.17. The molecule has 0 aliphatic rings. The molecule has 0 spiro atoms. The van der Waals surface area contributed by atoms with E-state index in [0.717, 1.165) is 36.2 Å². The molecule has 2 aromatic carbocycles. The lowest BCUT2D eigenvalue weighted by atomic mass is 10.1. The highest BCUT2D eigenvalue weighted by molar-refractivity contribution is 7.99. The van der Waals surface area contributed by atoms with E-state index in [2.05, 4.69) is 52.0 Å². The summed E-state index contributed by atoms with van der Waals surface area (Å²) in [5.74, 6) is 1.89. The third kappa shape index (κ3) is 6.08. The molecule has 0 saturated heterocycles. The van der Waals surface area contributed by atoms with Crippen LogP contribution < -0.4 is 10.1 Å². The Hall–Kier alpha value is -2.38. The number of thioether (sulfide) groups is 1. The molecule has 3 aromatic rings. The summed E-state index contributed by atoms with van der Waals surface area (Å²) < 4.78 is 7.65. The summed E-state index contributed by atoms with van der Waals surface area (Å²) in [5, 5.41) is 15.8. The number of benzene rings is 2. The van der Waals surface area contributed by atoms with Gasteiger partial charge in [-0.25, -0.2) is 4.68 Å². The first-order chi connectivity index (χ1) is 13.2. The molecule has 142 valence electrons. The molecule has 0 unspecified atom stereocenters. The van der Waals surface area contributed by atoms with Crippen molar-refractivity contribution in [1.29, 1.82) is 0 Å². The van der Waals surface area contributed by atoms with E-state index in [1.807, 2.05) is 31.3 Å². The first-order valence-electron chi connectivity index (χ1n) is 9.04. The summed E-state index contributed by atoms with van der Waals surface area (Å²) in [5.41, 5.74) is 3.70. The molecule has 6 nitrogen and oxygen atoms in total. The van der Waals surface area contributed by atoms with Crippen molar-refractivity contribution >= 4 is 11.8 Å². The Kier molecular flexibility index (Phi) is 7.24. The van der Waals surface area contributed by atoms with Crippen LogP contribution in [0.2, 0.25) is 0 Å². The van der Waals surface area contributed by atoms with E-state index in [-0.39, 0.29) is 0 Å². The van der Waals surface area contributed by atoms with Crippen molar-refractivity contribution in [3.05, 3.63) is 65.2 Å². The second-order valence-electron chi connectivity index (χ2n) is 6.33. The maximum atomic E-state index is 5.96. The van der Waals surface area contributed by atoms with Gasteiger partial charge < -0.3 is 10.1 Å². The van der Waals surface area contributed by atoms with Gasteiger partial charge in [-0.2, -0.15) is 0 Å². The fraction of sp³-hybridized carbons (Fsp3) is 0.350. The molecule has 1 N–H and O–H groups in total. The maximum absolute atomic E-state index is 5.96. The number of hydrogen-bond donors (Lipinski definition) is 1. The van der Waals surface area contributed by atoms with Gasteiger partial charge in [-0.15, -0.1) is 5.10 Å². The van der Waals surface area contributed by atoms with Gasteiger partial charge in [0, 0.05) is 19.3 Å². The standard InChI is InChI=1S/C20H25N5OS/c1-16-7-3-4-9-18(16)15-26-19-10-5-8-17(13-19)14-21-11-6-12-27-20-22-23-24-25(20)2/h3-5,7-10,13,21H,6,11-12,14-15H2,1-2H3. The van der Waals surface area contributed by atoms with Crippen LogP contribution in [0.1, 0.15) is 23.1 Å². The molecule has 0 aliphatic heterocycles. The third-order valence-electron chi connectivity index (χ3n) is 4.19. The largest absolute Gasteiger partial charge is 0.489 e. The minimum atomic E-state index is 0.595. The molecule has 0 radical (unpaired) electrons. The van der Waals surface area contributed by atoms with Crippen LogP contribution in [0.3, 0.4) is 0 Å². The quantitative estimate of drug-likeness (QED) is 0.428. The Labute approximate surface area is 164 Å². The first kappa shape index (κ1) is 19.4. The highest BCUT2D eigenvalue weighted by Gasteiger charge is 2.03. The molecule has 0 amide bonds. The van der Waals surface area contributed by atoms with Gasteiger partial charge in [-0.05, 0) is 59.1 Å². The predicted molar refractivity (Wildman–Crippen MR) is 108 cm³/mol. The molecule has 0 saturated carbocycles. The topological polar surface area (TPSA) is 64.9 Å². The van der Waals surface area contributed by atoms with Crippen molar-refractivity contribution in [2.45, 2.75) is 31.7 Å². The Morgan fingerprint density at radius 3 is 2.85 bits per heavy atom. The van der Waals surface area contributed by atoms with Gasteiger partial charge in [-0.1, -0.05) is 48.2 Å². The van der Waals surface area contributed by atoms with Crippen LogP contribution in [-0.4, -0.2) is 32.5 Å². The molecular weight excluding hydrogens is 358 g/mol. The van der Waals surface area contributed by atoms with Crippen LogP contribution in [0, 0.1) is 6.92 Å². The number of nitrogens with zero attached hydrogens (tertiary/aromatic N) is 4. The molecule has 0 aliphatic carbocycles. The van der Waals surface area contributed by atoms with E-state index in [1.165, 1.54) is 16.7 Å². The third-order valence-corrected chi connectivity index (χ3v) is 5.29. The van der Waals surface area contributed by atoms with Crippen LogP contribution >= 0.6 is 11.8 Å². The van der Waals surface area contributed by atoms with Crippen LogP contribution in [0.4, 0.5) is 0 Å². The Balaban J connectivity index is 1.37. The van der Waals surface area contributed by atoms with Crippen LogP contribution in [0.15, 0.2) is 53.7 Å². The SMILES string of the molecule is Cc1ccccc1COc1cccc(CNCCCSc2nnnn2C)c1. The van der Waals surface area contributed by atoms with Crippen molar-refractivity contribution in [2.75, 3.05) is 12.3 Å². The summed E-state index contributed by atoms with van der Waals surface area (Å²) in [4.78, 5) is 0. The van der Waals surface area contributed by atoms with Crippen molar-refractivity contribution in [1.82, 2.24) is 25.5 Å². The van der Waals surface area contributed by atoms with Crippen LogP contribution in [-0.2, 0) is 20.2 Å². The fourth-order valence-electron chi connectivity index (χ4n) is 2.62. The first-order valence-corrected chi connectivity index (χ1v) is 10.0. The molecule has 3 rings (SSSR count). The van der Waals surface area contributed by atoms with Crippen LogP contribution in [0.5, 0.6) is 5.75 Å². The Morgan fingerprint density at radius 2 is 2.04 bits per heavy atom. The summed E-state index contributed by atoms with van der Waals surface area (Å²) in [6.07, 6.45) is 1.06. The van der Waals surface area contributed by atoms with Crippen molar-refractivity contribution in [3.8, 4) is 5.75 Å². The molecule has 0 atom stereocenters. The number of ether oxygens (including phenoxy) is 1. The van der Waals surface area contributed by atoms with Gasteiger partial charge in [0.05, 0.1) is 0 Å². The predicted octanol–water partition coefficient (Wildman–Crippen LogP) is 3.37.